The molecule has 0 aliphatic carbocycles. The molecule has 3 atom stereocenters. The molecule has 0 radical (unpaired) electrons. The maximum Gasteiger partial charge on any atom is 0.474 e. The SMILES string of the molecule is COP(=O)(OC)OC[C@@H](OCCC(C)CCCC(C)CCCC(C)C)C(=O)O. The molecule has 8 heteroatoms. The molecule has 0 aliphatic rings. The molecule has 0 aromatic heterocycles. The molecule has 2 unspecified atom stereocenters. The van der Waals surface area contributed by atoms with Crippen molar-refractivity contribution in [3.8, 4) is 0 Å². The molecule has 0 aromatic rings. The first-order valence-corrected chi connectivity index (χ1v) is 11.8. The van der Waals surface area contributed by atoms with Gasteiger partial charge in [-0.3, -0.25) is 13.6 Å². The number of phosphoric ester groups is 1. The second kappa shape index (κ2) is 15.4. The highest BCUT2D eigenvalue weighted by Gasteiger charge is 2.28. The maximum absolute atomic E-state index is 11.8. The molecule has 28 heavy (non-hydrogen) atoms. The Morgan fingerprint density at radius 1 is 0.893 bits per heavy atom. The Hall–Kier alpha value is -0.460. The largest absolute Gasteiger partial charge is 0.479 e. The summed E-state index contributed by atoms with van der Waals surface area (Å²) in [6, 6.07) is 0. The zero-order chi connectivity index (χ0) is 21.6. The lowest BCUT2D eigenvalue weighted by molar-refractivity contribution is -0.153. The molecule has 168 valence electrons. The summed E-state index contributed by atoms with van der Waals surface area (Å²) in [6.45, 7) is 8.94. The highest BCUT2D eigenvalue weighted by atomic mass is 31.2. The minimum absolute atomic E-state index is 0.315. The average Bonchev–Trinajstić information content (AvgIpc) is 2.63. The first-order chi connectivity index (χ1) is 13.1. The van der Waals surface area contributed by atoms with Crippen LogP contribution in [0.25, 0.3) is 0 Å². The summed E-state index contributed by atoms with van der Waals surface area (Å²) >= 11 is 0. The smallest absolute Gasteiger partial charge is 0.474 e. The number of hydrogen-bond acceptors (Lipinski definition) is 6. The van der Waals surface area contributed by atoms with Gasteiger partial charge in [0.05, 0.1) is 6.61 Å². The van der Waals surface area contributed by atoms with Crippen LogP contribution in [-0.2, 0) is 27.7 Å². The normalized spacial score (nSPS) is 15.5. The average molecular weight is 425 g/mol. The van der Waals surface area contributed by atoms with Gasteiger partial charge in [0.2, 0.25) is 0 Å². The van der Waals surface area contributed by atoms with Gasteiger partial charge in [-0.05, 0) is 24.2 Å². The first kappa shape index (κ1) is 27.5. The Kier molecular flexibility index (Phi) is 15.1. The number of carbonyl (C=O) groups is 1. The summed E-state index contributed by atoms with van der Waals surface area (Å²) in [4.78, 5) is 11.3. The number of rotatable bonds is 18. The Labute approximate surface area is 171 Å². The van der Waals surface area contributed by atoms with Crippen LogP contribution in [0.3, 0.4) is 0 Å². The number of carboxylic acids is 1. The van der Waals surface area contributed by atoms with Gasteiger partial charge in [0, 0.05) is 20.8 Å². The van der Waals surface area contributed by atoms with E-state index < -0.39 is 26.5 Å². The van der Waals surface area contributed by atoms with Crippen molar-refractivity contribution >= 4 is 13.8 Å². The minimum Gasteiger partial charge on any atom is -0.479 e. The highest BCUT2D eigenvalue weighted by Crippen LogP contribution is 2.47. The quantitative estimate of drug-likeness (QED) is 0.289. The third-order valence-electron chi connectivity index (χ3n) is 4.91. The first-order valence-electron chi connectivity index (χ1n) is 10.3. The summed E-state index contributed by atoms with van der Waals surface area (Å²) in [6.07, 6.45) is 7.00. The fourth-order valence-electron chi connectivity index (χ4n) is 2.92. The van der Waals surface area contributed by atoms with Crippen molar-refractivity contribution in [1.82, 2.24) is 0 Å². The van der Waals surface area contributed by atoms with Gasteiger partial charge in [-0.1, -0.05) is 66.2 Å². The van der Waals surface area contributed by atoms with Crippen LogP contribution in [0.2, 0.25) is 0 Å². The van der Waals surface area contributed by atoms with Crippen LogP contribution >= 0.6 is 7.82 Å². The van der Waals surface area contributed by atoms with Gasteiger partial charge in [0.15, 0.2) is 6.10 Å². The molecule has 0 amide bonds. The van der Waals surface area contributed by atoms with Gasteiger partial charge in [-0.15, -0.1) is 0 Å². The molecular weight excluding hydrogens is 383 g/mol. The Bertz CT molecular complexity index is 448. The monoisotopic (exact) mass is 424 g/mol. The fourth-order valence-corrected chi connectivity index (χ4v) is 3.60. The van der Waals surface area contributed by atoms with Crippen molar-refractivity contribution < 1.29 is 32.8 Å². The molecule has 0 saturated heterocycles. The summed E-state index contributed by atoms with van der Waals surface area (Å²) in [5.74, 6) is 0.833. The van der Waals surface area contributed by atoms with Crippen molar-refractivity contribution in [2.24, 2.45) is 17.8 Å². The number of ether oxygens (including phenoxy) is 1. The van der Waals surface area contributed by atoms with Gasteiger partial charge >= 0.3 is 13.8 Å². The number of carboxylic acid groups (broad SMARTS) is 1. The Morgan fingerprint density at radius 2 is 1.39 bits per heavy atom. The lowest BCUT2D eigenvalue weighted by atomic mass is 9.93. The number of phosphoric acid groups is 1. The lowest BCUT2D eigenvalue weighted by Crippen LogP contribution is -2.29. The number of hydrogen-bond donors (Lipinski definition) is 1. The van der Waals surface area contributed by atoms with E-state index in [1.807, 2.05) is 0 Å². The molecule has 0 aliphatic heterocycles. The second-order valence-electron chi connectivity index (χ2n) is 8.06. The summed E-state index contributed by atoms with van der Waals surface area (Å²) in [7, 11) is -1.36. The van der Waals surface area contributed by atoms with Crippen molar-refractivity contribution in [2.45, 2.75) is 78.7 Å². The third-order valence-corrected chi connectivity index (χ3v) is 6.27. The molecule has 0 bridgehead atoms. The molecule has 0 saturated carbocycles. The molecule has 0 fully saturated rings. The van der Waals surface area contributed by atoms with Gasteiger partial charge in [-0.2, -0.15) is 0 Å². The van der Waals surface area contributed by atoms with Crippen LogP contribution in [0, 0.1) is 17.8 Å². The predicted octanol–water partition coefficient (Wildman–Crippen LogP) is 5.53. The molecule has 0 spiro atoms. The fraction of sp³-hybridized carbons (Fsp3) is 0.950. The van der Waals surface area contributed by atoms with E-state index in [-0.39, 0.29) is 0 Å². The van der Waals surface area contributed by atoms with E-state index in [1.165, 1.54) is 46.3 Å². The van der Waals surface area contributed by atoms with Gasteiger partial charge in [0.25, 0.3) is 0 Å². The summed E-state index contributed by atoms with van der Waals surface area (Å²) in [5, 5.41) is 9.21. The second-order valence-corrected chi connectivity index (χ2v) is 9.94. The van der Waals surface area contributed by atoms with Crippen LogP contribution in [0.5, 0.6) is 0 Å². The van der Waals surface area contributed by atoms with Crippen molar-refractivity contribution in [3.05, 3.63) is 0 Å². The van der Waals surface area contributed by atoms with Gasteiger partial charge in [-0.25, -0.2) is 9.36 Å². The summed E-state index contributed by atoms with van der Waals surface area (Å²) in [5.41, 5.74) is 0. The van der Waals surface area contributed by atoms with Gasteiger partial charge in [0.1, 0.15) is 0 Å². The van der Waals surface area contributed by atoms with Crippen molar-refractivity contribution in [1.29, 1.82) is 0 Å². The van der Waals surface area contributed by atoms with Crippen LogP contribution in [0.4, 0.5) is 0 Å². The number of aliphatic carboxylic acids is 1. The van der Waals surface area contributed by atoms with E-state index in [9.17, 15) is 14.5 Å². The maximum atomic E-state index is 11.8. The molecule has 1 N–H and O–H groups in total. The minimum atomic E-state index is -3.71. The standard InChI is InChI=1S/C20H41O7P/c1-16(2)9-7-10-17(3)11-8-12-18(4)13-14-26-19(20(21)22)15-27-28(23,24-5)25-6/h16-19H,7-15H2,1-6H3,(H,21,22)/t17?,18?,19-/m1/s1. The van der Waals surface area contributed by atoms with Crippen LogP contribution in [-0.4, -0.2) is 44.6 Å². The molecule has 0 heterocycles. The van der Waals surface area contributed by atoms with Crippen LogP contribution in [0.15, 0.2) is 0 Å². The highest BCUT2D eigenvalue weighted by molar-refractivity contribution is 7.48. The van der Waals surface area contributed by atoms with E-state index in [1.54, 1.807) is 0 Å². The van der Waals surface area contributed by atoms with Crippen LogP contribution in [0.1, 0.15) is 72.6 Å². The predicted molar refractivity (Wildman–Crippen MR) is 110 cm³/mol. The van der Waals surface area contributed by atoms with E-state index in [0.29, 0.717) is 12.5 Å². The van der Waals surface area contributed by atoms with Crippen molar-refractivity contribution in [2.75, 3.05) is 27.4 Å². The van der Waals surface area contributed by atoms with E-state index in [4.69, 9.17) is 9.26 Å². The zero-order valence-electron chi connectivity index (χ0n) is 18.5. The topological polar surface area (TPSA) is 91.3 Å². The molecule has 0 rings (SSSR count). The van der Waals surface area contributed by atoms with Crippen LogP contribution < -0.4 is 0 Å². The third kappa shape index (κ3) is 13.7. The molecule has 0 aromatic carbocycles. The Morgan fingerprint density at radius 3 is 1.86 bits per heavy atom. The Balaban J connectivity index is 4.01. The molecule has 7 nitrogen and oxygen atoms in total. The zero-order valence-corrected chi connectivity index (χ0v) is 19.4. The van der Waals surface area contributed by atoms with E-state index in [2.05, 4.69) is 36.7 Å². The summed E-state index contributed by atoms with van der Waals surface area (Å²) < 4.78 is 31.4. The van der Waals surface area contributed by atoms with E-state index >= 15 is 0 Å². The van der Waals surface area contributed by atoms with Gasteiger partial charge < -0.3 is 9.84 Å². The molecular formula is C20H41O7P. The lowest BCUT2D eigenvalue weighted by Gasteiger charge is -2.19. The van der Waals surface area contributed by atoms with Crippen molar-refractivity contribution in [3.63, 3.8) is 0 Å². The van der Waals surface area contributed by atoms with E-state index in [0.717, 1.165) is 24.7 Å².